The van der Waals surface area contributed by atoms with Gasteiger partial charge in [-0.05, 0) is 42.0 Å². The number of benzene rings is 2. The Hall–Kier alpha value is -3.34. The number of carbonyl (C=O) groups excluding carboxylic acids is 1. The Kier molecular flexibility index (Phi) is 5.71. The first-order chi connectivity index (χ1) is 13.0. The fourth-order valence-corrected chi connectivity index (χ4v) is 2.73. The molecule has 2 aromatic carbocycles. The summed E-state index contributed by atoms with van der Waals surface area (Å²) in [5.74, 6) is -0.218. The van der Waals surface area contributed by atoms with E-state index in [1.54, 1.807) is 12.3 Å². The predicted molar refractivity (Wildman–Crippen MR) is 112 cm³/mol. The Labute approximate surface area is 160 Å². The van der Waals surface area contributed by atoms with Gasteiger partial charge in [0, 0.05) is 39.1 Å². The van der Waals surface area contributed by atoms with Crippen LogP contribution in [0.4, 0.5) is 17.1 Å². The molecule has 1 amide bonds. The van der Waals surface area contributed by atoms with Crippen molar-refractivity contribution in [3.05, 3.63) is 84.2 Å². The molecule has 0 bridgehead atoms. The highest BCUT2D eigenvalue weighted by atomic mass is 16.1. The Bertz CT molecular complexity index is 874. The first-order valence-corrected chi connectivity index (χ1v) is 8.83. The van der Waals surface area contributed by atoms with Crippen molar-refractivity contribution in [3.8, 4) is 0 Å². The third-order valence-electron chi connectivity index (χ3n) is 4.33. The minimum atomic E-state index is -0.218. The molecule has 1 N–H and O–H groups in total. The third-order valence-corrected chi connectivity index (χ3v) is 4.33. The van der Waals surface area contributed by atoms with Gasteiger partial charge in [-0.2, -0.15) is 0 Å². The van der Waals surface area contributed by atoms with Crippen LogP contribution in [0.2, 0.25) is 0 Å². The Morgan fingerprint density at radius 2 is 1.56 bits per heavy atom. The number of hydrogen-bond acceptors (Lipinski definition) is 4. The van der Waals surface area contributed by atoms with Crippen molar-refractivity contribution in [1.82, 2.24) is 4.98 Å². The molecule has 27 heavy (non-hydrogen) atoms. The molecule has 3 rings (SSSR count). The topological polar surface area (TPSA) is 48.5 Å². The molecule has 3 aromatic rings. The SMILES string of the molecule is CN(C)c1ccc(NC(=O)c2ccc(N(C)Cc3ccccc3)cn2)cc1. The number of rotatable bonds is 6. The molecular weight excluding hydrogens is 336 g/mol. The Morgan fingerprint density at radius 3 is 2.15 bits per heavy atom. The van der Waals surface area contributed by atoms with Crippen LogP contribution in [0, 0.1) is 0 Å². The molecule has 5 nitrogen and oxygen atoms in total. The molecule has 0 aliphatic rings. The lowest BCUT2D eigenvalue weighted by Crippen LogP contribution is -2.18. The van der Waals surface area contributed by atoms with Crippen molar-refractivity contribution in [3.63, 3.8) is 0 Å². The number of aromatic nitrogens is 1. The number of carbonyl (C=O) groups is 1. The molecule has 0 radical (unpaired) electrons. The van der Waals surface area contributed by atoms with E-state index in [1.807, 2.05) is 74.6 Å². The zero-order chi connectivity index (χ0) is 19.2. The highest BCUT2D eigenvalue weighted by Crippen LogP contribution is 2.18. The van der Waals surface area contributed by atoms with Gasteiger partial charge in [0.05, 0.1) is 11.9 Å². The van der Waals surface area contributed by atoms with E-state index in [9.17, 15) is 4.79 Å². The van der Waals surface area contributed by atoms with E-state index < -0.39 is 0 Å². The zero-order valence-electron chi connectivity index (χ0n) is 15.9. The molecule has 0 saturated carbocycles. The largest absolute Gasteiger partial charge is 0.378 e. The fraction of sp³-hybridized carbons (Fsp3) is 0.182. The highest BCUT2D eigenvalue weighted by Gasteiger charge is 2.09. The van der Waals surface area contributed by atoms with Gasteiger partial charge in [-0.25, -0.2) is 4.98 Å². The number of nitrogens with one attached hydrogen (secondary N) is 1. The van der Waals surface area contributed by atoms with Crippen LogP contribution in [0.3, 0.4) is 0 Å². The monoisotopic (exact) mass is 360 g/mol. The normalized spacial score (nSPS) is 10.3. The minimum Gasteiger partial charge on any atom is -0.378 e. The molecule has 0 spiro atoms. The second-order valence-corrected chi connectivity index (χ2v) is 6.64. The van der Waals surface area contributed by atoms with E-state index in [0.717, 1.165) is 23.6 Å². The molecule has 0 saturated heterocycles. The average molecular weight is 360 g/mol. The van der Waals surface area contributed by atoms with Crippen LogP contribution in [0.15, 0.2) is 72.9 Å². The van der Waals surface area contributed by atoms with Crippen molar-refractivity contribution in [2.45, 2.75) is 6.54 Å². The van der Waals surface area contributed by atoms with Gasteiger partial charge in [-0.3, -0.25) is 4.79 Å². The van der Waals surface area contributed by atoms with E-state index in [2.05, 4.69) is 27.3 Å². The third kappa shape index (κ3) is 4.85. The summed E-state index contributed by atoms with van der Waals surface area (Å²) < 4.78 is 0. The van der Waals surface area contributed by atoms with E-state index in [4.69, 9.17) is 0 Å². The maximum atomic E-state index is 12.4. The van der Waals surface area contributed by atoms with Gasteiger partial charge in [-0.15, -0.1) is 0 Å². The summed E-state index contributed by atoms with van der Waals surface area (Å²) in [6.07, 6.45) is 1.73. The molecule has 5 heteroatoms. The number of hydrogen-bond donors (Lipinski definition) is 1. The summed E-state index contributed by atoms with van der Waals surface area (Å²) in [4.78, 5) is 20.8. The van der Waals surface area contributed by atoms with Crippen LogP contribution in [0.1, 0.15) is 16.1 Å². The van der Waals surface area contributed by atoms with Gasteiger partial charge >= 0.3 is 0 Å². The van der Waals surface area contributed by atoms with Gasteiger partial charge in [-0.1, -0.05) is 30.3 Å². The number of pyridine rings is 1. The summed E-state index contributed by atoms with van der Waals surface area (Å²) in [7, 11) is 5.97. The zero-order valence-corrected chi connectivity index (χ0v) is 15.9. The second kappa shape index (κ2) is 8.36. The lowest BCUT2D eigenvalue weighted by molar-refractivity contribution is 0.102. The number of nitrogens with zero attached hydrogens (tertiary/aromatic N) is 3. The lowest BCUT2D eigenvalue weighted by atomic mass is 10.2. The summed E-state index contributed by atoms with van der Waals surface area (Å²) >= 11 is 0. The van der Waals surface area contributed by atoms with Gasteiger partial charge < -0.3 is 15.1 Å². The smallest absolute Gasteiger partial charge is 0.274 e. The summed E-state index contributed by atoms with van der Waals surface area (Å²) in [5, 5.41) is 2.88. The summed E-state index contributed by atoms with van der Waals surface area (Å²) in [6.45, 7) is 0.784. The molecular formula is C22H24N4O. The molecule has 0 unspecified atom stereocenters. The molecule has 0 aliphatic heterocycles. The number of amides is 1. The number of anilines is 3. The van der Waals surface area contributed by atoms with E-state index in [-0.39, 0.29) is 5.91 Å². The standard InChI is InChI=1S/C22H24N4O/c1-25(2)19-11-9-18(10-12-19)24-22(27)21-14-13-20(15-23-21)26(3)16-17-7-5-4-6-8-17/h4-15H,16H2,1-3H3,(H,24,27). The predicted octanol–water partition coefficient (Wildman–Crippen LogP) is 4.04. The van der Waals surface area contributed by atoms with Crippen LogP contribution in [0.25, 0.3) is 0 Å². The van der Waals surface area contributed by atoms with Gasteiger partial charge in [0.1, 0.15) is 5.69 Å². The molecule has 138 valence electrons. The maximum absolute atomic E-state index is 12.4. The average Bonchev–Trinajstić information content (AvgIpc) is 2.69. The maximum Gasteiger partial charge on any atom is 0.274 e. The quantitative estimate of drug-likeness (QED) is 0.721. The molecule has 0 fully saturated rings. The van der Waals surface area contributed by atoms with E-state index in [0.29, 0.717) is 5.69 Å². The Balaban J connectivity index is 1.63. The van der Waals surface area contributed by atoms with Crippen molar-refractivity contribution in [2.24, 2.45) is 0 Å². The molecule has 1 heterocycles. The van der Waals surface area contributed by atoms with Crippen LogP contribution in [-0.2, 0) is 6.54 Å². The first-order valence-electron chi connectivity index (χ1n) is 8.83. The lowest BCUT2D eigenvalue weighted by Gasteiger charge is -2.19. The van der Waals surface area contributed by atoms with Crippen LogP contribution in [-0.4, -0.2) is 32.0 Å². The van der Waals surface area contributed by atoms with E-state index in [1.165, 1.54) is 5.56 Å². The Morgan fingerprint density at radius 1 is 0.889 bits per heavy atom. The van der Waals surface area contributed by atoms with Crippen molar-refractivity contribution < 1.29 is 4.79 Å². The van der Waals surface area contributed by atoms with Gasteiger partial charge in [0.15, 0.2) is 0 Å². The van der Waals surface area contributed by atoms with Crippen LogP contribution in [0.5, 0.6) is 0 Å². The van der Waals surface area contributed by atoms with Crippen LogP contribution < -0.4 is 15.1 Å². The first kappa shape index (κ1) is 18.5. The molecule has 0 atom stereocenters. The van der Waals surface area contributed by atoms with E-state index >= 15 is 0 Å². The molecule has 1 aromatic heterocycles. The second-order valence-electron chi connectivity index (χ2n) is 6.64. The van der Waals surface area contributed by atoms with Crippen molar-refractivity contribution >= 4 is 23.0 Å². The minimum absolute atomic E-state index is 0.218. The fourth-order valence-electron chi connectivity index (χ4n) is 2.73. The van der Waals surface area contributed by atoms with Gasteiger partial charge in [0.25, 0.3) is 5.91 Å². The van der Waals surface area contributed by atoms with Crippen molar-refractivity contribution in [1.29, 1.82) is 0 Å². The van der Waals surface area contributed by atoms with Crippen molar-refractivity contribution in [2.75, 3.05) is 36.3 Å². The van der Waals surface area contributed by atoms with Crippen LogP contribution >= 0.6 is 0 Å². The van der Waals surface area contributed by atoms with Gasteiger partial charge in [0.2, 0.25) is 0 Å². The summed E-state index contributed by atoms with van der Waals surface area (Å²) in [6, 6.07) is 21.6. The summed E-state index contributed by atoms with van der Waals surface area (Å²) in [5.41, 5.74) is 4.41. The molecule has 0 aliphatic carbocycles. The highest BCUT2D eigenvalue weighted by molar-refractivity contribution is 6.03.